The van der Waals surface area contributed by atoms with Crippen LogP contribution in [0, 0.1) is 0 Å². The second kappa shape index (κ2) is 8.68. The van der Waals surface area contributed by atoms with Crippen LogP contribution in [0.2, 0.25) is 36.3 Å². The molecule has 0 saturated heterocycles. The van der Waals surface area contributed by atoms with Crippen molar-refractivity contribution in [3.8, 4) is 0 Å². The minimum atomic E-state index is -2.07. The lowest BCUT2D eigenvalue weighted by molar-refractivity contribution is -0.134. The highest BCUT2D eigenvalue weighted by Crippen LogP contribution is 2.40. The van der Waals surface area contributed by atoms with Gasteiger partial charge in [-0.1, -0.05) is 65.8 Å². The molecule has 1 aromatic carbocycles. The van der Waals surface area contributed by atoms with Gasteiger partial charge in [-0.2, -0.15) is 0 Å². The van der Waals surface area contributed by atoms with Crippen LogP contribution in [0.1, 0.15) is 66.5 Å². The molecule has 0 heterocycles. The van der Waals surface area contributed by atoms with Crippen molar-refractivity contribution in [3.05, 3.63) is 35.4 Å². The lowest BCUT2D eigenvalue weighted by Gasteiger charge is -2.43. The Morgan fingerprint density at radius 2 is 1.17 bits per heavy atom. The molecule has 0 fully saturated rings. The van der Waals surface area contributed by atoms with Crippen LogP contribution < -0.4 is 0 Å². The standard InChI is InChI=1S/C24H44O3Si2/c1-22(2,3)28(9,10)26-21(25)17-19-13-15-20(16-14-19)18-24(7,8)27-29(11,12)23(4,5)6/h13-16H,17-18H2,1-12H3. The van der Waals surface area contributed by atoms with Gasteiger partial charge in [-0.3, -0.25) is 4.79 Å². The summed E-state index contributed by atoms with van der Waals surface area (Å²) < 4.78 is 12.5. The molecule has 1 rings (SSSR count). The van der Waals surface area contributed by atoms with Gasteiger partial charge < -0.3 is 8.85 Å². The summed E-state index contributed by atoms with van der Waals surface area (Å²) in [5.41, 5.74) is 2.02. The van der Waals surface area contributed by atoms with E-state index in [1.165, 1.54) is 5.56 Å². The Labute approximate surface area is 181 Å². The van der Waals surface area contributed by atoms with Gasteiger partial charge in [0.05, 0.1) is 12.0 Å². The molecule has 0 N–H and O–H groups in total. The van der Waals surface area contributed by atoms with E-state index in [0.717, 1.165) is 12.0 Å². The molecule has 1 aromatic rings. The molecule has 0 unspecified atom stereocenters. The quantitative estimate of drug-likeness (QED) is 0.427. The second-order valence-corrected chi connectivity index (χ2v) is 21.5. The van der Waals surface area contributed by atoms with Crippen LogP contribution in [0.4, 0.5) is 0 Å². The number of hydrogen-bond acceptors (Lipinski definition) is 3. The fourth-order valence-corrected chi connectivity index (χ4v) is 5.49. The normalized spacial score (nSPS) is 14.1. The molecule has 0 amide bonds. The number of rotatable bonds is 7. The Kier molecular flexibility index (Phi) is 7.81. The third-order valence-electron chi connectivity index (χ3n) is 6.51. The van der Waals surface area contributed by atoms with Crippen molar-refractivity contribution in [1.29, 1.82) is 0 Å². The molecule has 5 heteroatoms. The Hall–Kier alpha value is -0.916. The summed E-state index contributed by atoms with van der Waals surface area (Å²) in [5, 5.41) is 0.223. The fourth-order valence-electron chi connectivity index (χ4n) is 2.79. The van der Waals surface area contributed by atoms with Gasteiger partial charge in [0.25, 0.3) is 14.3 Å². The van der Waals surface area contributed by atoms with Gasteiger partial charge in [0.1, 0.15) is 0 Å². The summed E-state index contributed by atoms with van der Waals surface area (Å²) in [4.78, 5) is 12.4. The first-order valence-corrected chi connectivity index (χ1v) is 16.6. The van der Waals surface area contributed by atoms with E-state index in [9.17, 15) is 4.79 Å². The van der Waals surface area contributed by atoms with Gasteiger partial charge in [0.15, 0.2) is 8.32 Å². The van der Waals surface area contributed by atoms with Gasteiger partial charge >= 0.3 is 0 Å². The van der Waals surface area contributed by atoms with Crippen LogP contribution in [0.25, 0.3) is 0 Å². The molecule has 0 aliphatic heterocycles. The highest BCUT2D eigenvalue weighted by atomic mass is 28.4. The maximum absolute atomic E-state index is 12.4. The van der Waals surface area contributed by atoms with Gasteiger partial charge in [-0.15, -0.1) is 0 Å². The zero-order valence-electron chi connectivity index (χ0n) is 20.9. The molecule has 0 aliphatic rings. The maximum atomic E-state index is 12.4. The minimum absolute atomic E-state index is 0.0300. The van der Waals surface area contributed by atoms with Crippen LogP contribution in [0.15, 0.2) is 24.3 Å². The summed E-state index contributed by atoms with van der Waals surface area (Å²) in [6.07, 6.45) is 1.19. The lowest BCUT2D eigenvalue weighted by atomic mass is 9.97. The summed E-state index contributed by atoms with van der Waals surface area (Å²) in [7, 11) is -3.89. The predicted molar refractivity (Wildman–Crippen MR) is 130 cm³/mol. The van der Waals surface area contributed by atoms with Gasteiger partial charge in [-0.05, 0) is 67.7 Å². The Morgan fingerprint density at radius 3 is 1.59 bits per heavy atom. The van der Waals surface area contributed by atoms with E-state index in [0.29, 0.717) is 6.42 Å². The number of carbonyl (C=O) groups is 1. The maximum Gasteiger partial charge on any atom is 0.296 e. The first-order valence-electron chi connectivity index (χ1n) is 10.8. The first-order chi connectivity index (χ1) is 12.8. The Balaban J connectivity index is 2.76. The van der Waals surface area contributed by atoms with Crippen LogP contribution in [0.3, 0.4) is 0 Å². The SMILES string of the molecule is CC(C)(Cc1ccc(CC(=O)O[Si](C)(C)C(C)(C)C)cc1)O[Si](C)(C)C(C)(C)C. The topological polar surface area (TPSA) is 35.5 Å². The van der Waals surface area contributed by atoms with E-state index in [-0.39, 0.29) is 21.6 Å². The molecule has 0 aromatic heterocycles. The largest absolute Gasteiger partial charge is 0.519 e. The first kappa shape index (κ1) is 26.1. The van der Waals surface area contributed by atoms with Crippen molar-refractivity contribution in [2.75, 3.05) is 0 Å². The van der Waals surface area contributed by atoms with Crippen molar-refractivity contribution < 1.29 is 13.6 Å². The van der Waals surface area contributed by atoms with Crippen molar-refractivity contribution in [1.82, 2.24) is 0 Å². The van der Waals surface area contributed by atoms with E-state index in [2.05, 4.69) is 93.7 Å². The molecule has 0 atom stereocenters. The van der Waals surface area contributed by atoms with Crippen molar-refractivity contribution in [2.45, 2.75) is 110 Å². The number of hydrogen-bond donors (Lipinski definition) is 0. The fraction of sp³-hybridized carbons (Fsp3) is 0.708. The van der Waals surface area contributed by atoms with Crippen LogP contribution in [-0.4, -0.2) is 28.2 Å². The van der Waals surface area contributed by atoms with Crippen molar-refractivity contribution in [3.63, 3.8) is 0 Å². The van der Waals surface area contributed by atoms with Gasteiger partial charge in [0, 0.05) is 0 Å². The predicted octanol–water partition coefficient (Wildman–Crippen LogP) is 7.12. The molecular formula is C24H44O3Si2. The average Bonchev–Trinajstić information content (AvgIpc) is 2.44. The summed E-state index contributed by atoms with van der Waals surface area (Å²) in [6, 6.07) is 8.33. The van der Waals surface area contributed by atoms with Crippen molar-refractivity contribution in [2.24, 2.45) is 0 Å². The molecule has 0 radical (unpaired) electrons. The Bertz CT molecular complexity index is 690. The molecule has 166 valence electrons. The molecule has 0 saturated carbocycles. The van der Waals surface area contributed by atoms with Crippen molar-refractivity contribution >= 4 is 22.6 Å². The smallest absolute Gasteiger partial charge is 0.296 e. The van der Waals surface area contributed by atoms with Gasteiger partial charge in [-0.25, -0.2) is 0 Å². The summed E-state index contributed by atoms with van der Waals surface area (Å²) in [6.45, 7) is 26.4. The second-order valence-electron chi connectivity index (χ2n) is 12.0. The van der Waals surface area contributed by atoms with Crippen LogP contribution in [-0.2, 0) is 26.5 Å². The van der Waals surface area contributed by atoms with E-state index in [4.69, 9.17) is 8.85 Å². The zero-order valence-corrected chi connectivity index (χ0v) is 22.9. The zero-order chi connectivity index (χ0) is 22.9. The molecular weight excluding hydrogens is 392 g/mol. The van der Waals surface area contributed by atoms with E-state index >= 15 is 0 Å². The molecule has 0 bridgehead atoms. The third kappa shape index (κ3) is 7.69. The highest BCUT2D eigenvalue weighted by Gasteiger charge is 2.42. The Morgan fingerprint density at radius 1 is 0.759 bits per heavy atom. The van der Waals surface area contributed by atoms with E-state index in [1.807, 2.05) is 12.1 Å². The van der Waals surface area contributed by atoms with Crippen LogP contribution in [0.5, 0.6) is 0 Å². The lowest BCUT2D eigenvalue weighted by Crippen LogP contribution is -2.48. The number of carbonyl (C=O) groups excluding carboxylic acids is 1. The monoisotopic (exact) mass is 436 g/mol. The molecule has 3 nitrogen and oxygen atoms in total. The highest BCUT2D eigenvalue weighted by molar-refractivity contribution is 6.75. The van der Waals surface area contributed by atoms with Crippen LogP contribution >= 0.6 is 0 Å². The number of benzene rings is 1. The van der Waals surface area contributed by atoms with Gasteiger partial charge in [0.2, 0.25) is 0 Å². The average molecular weight is 437 g/mol. The third-order valence-corrected chi connectivity index (χ3v) is 15.5. The molecule has 29 heavy (non-hydrogen) atoms. The van der Waals surface area contributed by atoms with E-state index in [1.54, 1.807) is 0 Å². The van der Waals surface area contributed by atoms with E-state index < -0.39 is 16.6 Å². The minimum Gasteiger partial charge on any atom is -0.519 e. The summed E-state index contributed by atoms with van der Waals surface area (Å²) >= 11 is 0. The molecule has 0 aliphatic carbocycles. The summed E-state index contributed by atoms with van der Waals surface area (Å²) in [5.74, 6) is -0.120. The molecule has 0 spiro atoms.